The van der Waals surface area contributed by atoms with E-state index in [1.807, 2.05) is 0 Å². The number of carbonyl (C=O) groups is 1. The topological polar surface area (TPSA) is 46.5 Å². The number of rotatable bonds is 1. The Morgan fingerprint density at radius 1 is 1.27 bits per heavy atom. The van der Waals surface area contributed by atoms with Gasteiger partial charge >= 0.3 is 5.97 Å². The first kappa shape index (κ1) is 10.9. The molecule has 0 saturated heterocycles. The van der Waals surface area contributed by atoms with Crippen molar-refractivity contribution in [3.05, 3.63) is 0 Å². The second-order valence-electron chi connectivity index (χ2n) is 5.09. The summed E-state index contributed by atoms with van der Waals surface area (Å²) in [6.07, 6.45) is 7.35. The first-order valence-electron chi connectivity index (χ1n) is 6.01. The Hall–Kier alpha value is -0.570. The average Bonchev–Trinajstić information content (AvgIpc) is 2.15. The molecule has 86 valence electrons. The summed E-state index contributed by atoms with van der Waals surface area (Å²) in [6, 6.07) is 0. The minimum Gasteiger partial charge on any atom is -0.433 e. The standard InChI is InChI=1S/C12H20O3/c1-9(13)15-12(14)7-6-10-4-2-3-5-11(10)8-12/h10-11,14H,2-8H2,1H3/t10-,11+,12-/m1/s1. The summed E-state index contributed by atoms with van der Waals surface area (Å²) in [6.45, 7) is 1.37. The van der Waals surface area contributed by atoms with Crippen LogP contribution < -0.4 is 0 Å². The fourth-order valence-corrected chi connectivity index (χ4v) is 3.22. The van der Waals surface area contributed by atoms with Crippen LogP contribution in [0.5, 0.6) is 0 Å². The molecular formula is C12H20O3. The first-order valence-corrected chi connectivity index (χ1v) is 6.01. The van der Waals surface area contributed by atoms with E-state index in [1.165, 1.54) is 32.6 Å². The molecule has 2 rings (SSSR count). The molecule has 3 nitrogen and oxygen atoms in total. The minimum atomic E-state index is -1.16. The molecule has 0 heterocycles. The second kappa shape index (κ2) is 4.12. The summed E-state index contributed by atoms with van der Waals surface area (Å²) in [7, 11) is 0. The Morgan fingerprint density at radius 3 is 2.60 bits per heavy atom. The predicted molar refractivity (Wildman–Crippen MR) is 56.0 cm³/mol. The van der Waals surface area contributed by atoms with Gasteiger partial charge in [-0.1, -0.05) is 19.3 Å². The molecule has 0 amide bonds. The lowest BCUT2D eigenvalue weighted by Crippen LogP contribution is -2.43. The summed E-state index contributed by atoms with van der Waals surface area (Å²) in [4.78, 5) is 10.9. The van der Waals surface area contributed by atoms with Gasteiger partial charge in [0.1, 0.15) is 0 Å². The van der Waals surface area contributed by atoms with Crippen molar-refractivity contribution in [2.45, 2.75) is 57.7 Å². The monoisotopic (exact) mass is 212 g/mol. The van der Waals surface area contributed by atoms with Crippen LogP contribution in [0.4, 0.5) is 0 Å². The van der Waals surface area contributed by atoms with Crippen LogP contribution >= 0.6 is 0 Å². The van der Waals surface area contributed by atoms with Crippen molar-refractivity contribution >= 4 is 5.97 Å². The molecule has 0 bridgehead atoms. The number of aliphatic hydroxyl groups is 1. The van der Waals surface area contributed by atoms with Gasteiger partial charge in [-0.15, -0.1) is 0 Å². The van der Waals surface area contributed by atoms with Crippen molar-refractivity contribution in [2.75, 3.05) is 0 Å². The van der Waals surface area contributed by atoms with Gasteiger partial charge in [-0.2, -0.15) is 0 Å². The SMILES string of the molecule is CC(=O)O[C@]1(O)CC[C@H]2CCCC[C@H]2C1. The summed E-state index contributed by atoms with van der Waals surface area (Å²) >= 11 is 0. The lowest BCUT2D eigenvalue weighted by Gasteiger charge is -2.42. The Kier molecular flexibility index (Phi) is 3.01. The van der Waals surface area contributed by atoms with Crippen LogP contribution in [0.3, 0.4) is 0 Å². The third-order valence-corrected chi connectivity index (χ3v) is 3.89. The third-order valence-electron chi connectivity index (χ3n) is 3.89. The summed E-state index contributed by atoms with van der Waals surface area (Å²) in [5, 5.41) is 10.1. The van der Waals surface area contributed by atoms with Gasteiger partial charge in [-0.25, -0.2) is 0 Å². The van der Waals surface area contributed by atoms with E-state index in [0.29, 0.717) is 18.8 Å². The molecule has 2 saturated carbocycles. The number of ether oxygens (including phenoxy) is 1. The number of esters is 1. The second-order valence-corrected chi connectivity index (χ2v) is 5.09. The van der Waals surface area contributed by atoms with Gasteiger partial charge in [0, 0.05) is 19.8 Å². The molecule has 3 atom stereocenters. The molecule has 1 N–H and O–H groups in total. The van der Waals surface area contributed by atoms with Crippen molar-refractivity contribution < 1.29 is 14.6 Å². The van der Waals surface area contributed by atoms with Gasteiger partial charge < -0.3 is 9.84 Å². The first-order chi connectivity index (χ1) is 7.09. The Morgan fingerprint density at radius 2 is 1.93 bits per heavy atom. The van der Waals surface area contributed by atoms with Crippen LogP contribution in [0.15, 0.2) is 0 Å². The fourth-order valence-electron chi connectivity index (χ4n) is 3.22. The number of hydrogen-bond donors (Lipinski definition) is 1. The molecule has 0 radical (unpaired) electrons. The van der Waals surface area contributed by atoms with Gasteiger partial charge in [-0.05, 0) is 24.7 Å². The van der Waals surface area contributed by atoms with E-state index >= 15 is 0 Å². The molecule has 2 fully saturated rings. The highest BCUT2D eigenvalue weighted by Gasteiger charge is 2.42. The maximum absolute atomic E-state index is 10.9. The zero-order chi connectivity index (χ0) is 10.9. The number of carbonyl (C=O) groups excluding carboxylic acids is 1. The van der Waals surface area contributed by atoms with E-state index < -0.39 is 5.79 Å². The van der Waals surface area contributed by atoms with Crippen LogP contribution in [0.25, 0.3) is 0 Å². The molecule has 0 unspecified atom stereocenters. The highest BCUT2D eigenvalue weighted by molar-refractivity contribution is 5.66. The maximum Gasteiger partial charge on any atom is 0.305 e. The minimum absolute atomic E-state index is 0.369. The van der Waals surface area contributed by atoms with E-state index in [9.17, 15) is 9.90 Å². The van der Waals surface area contributed by atoms with Crippen LogP contribution in [0, 0.1) is 11.8 Å². The molecule has 0 aromatic heterocycles. The Balaban J connectivity index is 1.97. The summed E-state index contributed by atoms with van der Waals surface area (Å²) < 4.78 is 5.04. The van der Waals surface area contributed by atoms with Crippen LogP contribution in [0.1, 0.15) is 51.9 Å². The number of hydrogen-bond acceptors (Lipinski definition) is 3. The van der Waals surface area contributed by atoms with Gasteiger partial charge in [0.05, 0.1) is 0 Å². The quantitative estimate of drug-likeness (QED) is 0.535. The molecular weight excluding hydrogens is 192 g/mol. The normalized spacial score (nSPS) is 40.7. The molecule has 15 heavy (non-hydrogen) atoms. The van der Waals surface area contributed by atoms with E-state index in [1.54, 1.807) is 0 Å². The smallest absolute Gasteiger partial charge is 0.305 e. The van der Waals surface area contributed by atoms with Crippen LogP contribution in [-0.2, 0) is 9.53 Å². The molecule has 3 heteroatoms. The highest BCUT2D eigenvalue weighted by Crippen LogP contribution is 2.44. The molecule has 2 aliphatic carbocycles. The van der Waals surface area contributed by atoms with Gasteiger partial charge in [0.15, 0.2) is 0 Å². The zero-order valence-electron chi connectivity index (χ0n) is 9.37. The van der Waals surface area contributed by atoms with Crippen molar-refractivity contribution in [3.63, 3.8) is 0 Å². The van der Waals surface area contributed by atoms with E-state index in [2.05, 4.69) is 0 Å². The highest BCUT2D eigenvalue weighted by atomic mass is 16.7. The van der Waals surface area contributed by atoms with Gasteiger partial charge in [0.2, 0.25) is 5.79 Å². The van der Waals surface area contributed by atoms with Crippen molar-refractivity contribution in [1.29, 1.82) is 0 Å². The Bertz CT molecular complexity index is 251. The summed E-state index contributed by atoms with van der Waals surface area (Å²) in [5.74, 6) is -0.206. The Labute approximate surface area is 90.8 Å². The molecule has 0 spiro atoms. The van der Waals surface area contributed by atoms with Crippen molar-refractivity contribution in [1.82, 2.24) is 0 Å². The van der Waals surface area contributed by atoms with Crippen molar-refractivity contribution in [3.8, 4) is 0 Å². The summed E-state index contributed by atoms with van der Waals surface area (Å²) in [5.41, 5.74) is 0. The largest absolute Gasteiger partial charge is 0.433 e. The van der Waals surface area contributed by atoms with Crippen LogP contribution in [0.2, 0.25) is 0 Å². The molecule has 0 aromatic carbocycles. The molecule has 2 aliphatic rings. The predicted octanol–water partition coefficient (Wildman–Crippen LogP) is 2.23. The maximum atomic E-state index is 10.9. The van der Waals surface area contributed by atoms with Crippen molar-refractivity contribution in [2.24, 2.45) is 11.8 Å². The zero-order valence-corrected chi connectivity index (χ0v) is 9.37. The number of fused-ring (bicyclic) bond motifs is 1. The van der Waals surface area contributed by atoms with Crippen LogP contribution in [-0.4, -0.2) is 16.9 Å². The molecule has 0 aromatic rings. The molecule has 0 aliphatic heterocycles. The van der Waals surface area contributed by atoms with E-state index in [-0.39, 0.29) is 5.97 Å². The fraction of sp³-hybridized carbons (Fsp3) is 0.917. The third kappa shape index (κ3) is 2.51. The van der Waals surface area contributed by atoms with E-state index in [4.69, 9.17) is 4.74 Å². The van der Waals surface area contributed by atoms with E-state index in [0.717, 1.165) is 12.3 Å². The van der Waals surface area contributed by atoms with Gasteiger partial charge in [-0.3, -0.25) is 4.79 Å². The average molecular weight is 212 g/mol. The lowest BCUT2D eigenvalue weighted by molar-refractivity contribution is -0.230. The lowest BCUT2D eigenvalue weighted by atomic mass is 9.69. The van der Waals surface area contributed by atoms with Gasteiger partial charge in [0.25, 0.3) is 0 Å².